The van der Waals surface area contributed by atoms with Gasteiger partial charge in [0, 0.05) is 32.6 Å². The number of nitrogens with zero attached hydrogens (tertiary/aromatic N) is 2. The van der Waals surface area contributed by atoms with Gasteiger partial charge in [0.25, 0.3) is 5.91 Å². The molecule has 7 heteroatoms. The highest BCUT2D eigenvalue weighted by Crippen LogP contribution is 2.24. The Hall–Kier alpha value is -1.89. The Bertz CT molecular complexity index is 648. The van der Waals surface area contributed by atoms with Gasteiger partial charge in [-0.25, -0.2) is 0 Å². The van der Waals surface area contributed by atoms with Crippen LogP contribution in [0.1, 0.15) is 56.6 Å². The van der Waals surface area contributed by atoms with Gasteiger partial charge in [0.2, 0.25) is 11.8 Å². The molecule has 6 nitrogen and oxygen atoms in total. The number of thiophene rings is 1. The van der Waals surface area contributed by atoms with Crippen molar-refractivity contribution in [2.75, 3.05) is 26.2 Å². The first-order valence-electron chi connectivity index (χ1n) is 10.3. The van der Waals surface area contributed by atoms with Crippen molar-refractivity contribution < 1.29 is 14.4 Å². The predicted molar refractivity (Wildman–Crippen MR) is 112 cm³/mol. The van der Waals surface area contributed by atoms with Gasteiger partial charge < -0.3 is 15.1 Å². The van der Waals surface area contributed by atoms with E-state index in [1.807, 2.05) is 44.0 Å². The van der Waals surface area contributed by atoms with E-state index in [0.29, 0.717) is 43.4 Å². The first-order chi connectivity index (χ1) is 13.4. The lowest BCUT2D eigenvalue weighted by atomic mass is 9.88. The van der Waals surface area contributed by atoms with Crippen molar-refractivity contribution in [2.24, 2.45) is 11.8 Å². The standard InChI is InChI=1S/C21H33N3O3S/c1-5-23(6-2)21(27)19(22-20(26)17-8-7-13-28-17)16-9-11-24(12-10-16)18(25)14-15(3)4/h7-8,13,15-16,19H,5-6,9-12,14H2,1-4H3,(H,22,26)/t19-/m0/s1. The van der Waals surface area contributed by atoms with Gasteiger partial charge in [-0.15, -0.1) is 11.3 Å². The minimum absolute atomic E-state index is 0.0261. The molecule has 1 fully saturated rings. The second-order valence-corrected chi connectivity index (χ2v) is 8.70. The molecule has 0 unspecified atom stereocenters. The minimum atomic E-state index is -0.545. The number of amides is 3. The van der Waals surface area contributed by atoms with Crippen LogP contribution in [0.3, 0.4) is 0 Å². The Morgan fingerprint density at radius 1 is 1.21 bits per heavy atom. The number of likely N-dealkylation sites (tertiary alicyclic amines) is 1. The normalized spacial score (nSPS) is 16.1. The maximum absolute atomic E-state index is 13.1. The summed E-state index contributed by atoms with van der Waals surface area (Å²) >= 11 is 1.37. The zero-order chi connectivity index (χ0) is 20.7. The van der Waals surface area contributed by atoms with E-state index >= 15 is 0 Å². The van der Waals surface area contributed by atoms with Crippen molar-refractivity contribution in [3.05, 3.63) is 22.4 Å². The lowest BCUT2D eigenvalue weighted by molar-refractivity contribution is -0.136. The maximum atomic E-state index is 13.1. The molecule has 2 rings (SSSR count). The van der Waals surface area contributed by atoms with E-state index in [1.165, 1.54) is 11.3 Å². The Labute approximate surface area is 172 Å². The Morgan fingerprint density at radius 2 is 1.86 bits per heavy atom. The predicted octanol–water partition coefficient (Wildman–Crippen LogP) is 3.00. The molecule has 0 aromatic carbocycles. The highest BCUT2D eigenvalue weighted by Gasteiger charge is 2.35. The van der Waals surface area contributed by atoms with Crippen molar-refractivity contribution in [3.63, 3.8) is 0 Å². The number of carbonyl (C=O) groups is 3. The zero-order valence-electron chi connectivity index (χ0n) is 17.4. The van der Waals surface area contributed by atoms with Crippen LogP contribution >= 0.6 is 11.3 Å². The Kier molecular flexibility index (Phi) is 8.48. The largest absolute Gasteiger partial charge is 0.343 e. The third kappa shape index (κ3) is 5.80. The molecule has 3 amide bonds. The second-order valence-electron chi connectivity index (χ2n) is 7.76. The number of hydrogen-bond acceptors (Lipinski definition) is 4. The van der Waals surface area contributed by atoms with E-state index in [2.05, 4.69) is 5.32 Å². The van der Waals surface area contributed by atoms with Crippen LogP contribution in [0.25, 0.3) is 0 Å². The molecular weight excluding hydrogens is 374 g/mol. The summed E-state index contributed by atoms with van der Waals surface area (Å²) in [4.78, 5) is 42.3. The van der Waals surface area contributed by atoms with Crippen molar-refractivity contribution in [2.45, 2.75) is 53.0 Å². The highest BCUT2D eigenvalue weighted by atomic mass is 32.1. The lowest BCUT2D eigenvalue weighted by Gasteiger charge is -2.37. The van der Waals surface area contributed by atoms with Crippen molar-refractivity contribution in [1.29, 1.82) is 0 Å². The molecular formula is C21H33N3O3S. The van der Waals surface area contributed by atoms with Crippen LogP contribution in [0.4, 0.5) is 0 Å². The molecule has 1 aromatic heterocycles. The van der Waals surface area contributed by atoms with Crippen LogP contribution in [-0.4, -0.2) is 59.7 Å². The first-order valence-corrected chi connectivity index (χ1v) is 11.2. The van der Waals surface area contributed by atoms with Crippen LogP contribution < -0.4 is 5.32 Å². The molecule has 0 aliphatic carbocycles. The molecule has 28 heavy (non-hydrogen) atoms. The number of piperidine rings is 1. The quantitative estimate of drug-likeness (QED) is 0.720. The Balaban J connectivity index is 2.08. The Morgan fingerprint density at radius 3 is 2.36 bits per heavy atom. The van der Waals surface area contributed by atoms with Crippen molar-refractivity contribution in [3.8, 4) is 0 Å². The first kappa shape index (κ1) is 22.4. The van der Waals surface area contributed by atoms with E-state index in [9.17, 15) is 14.4 Å². The molecule has 1 atom stereocenters. The van der Waals surface area contributed by atoms with Gasteiger partial charge in [0.05, 0.1) is 4.88 Å². The minimum Gasteiger partial charge on any atom is -0.343 e. The monoisotopic (exact) mass is 407 g/mol. The molecule has 0 saturated carbocycles. The number of carbonyl (C=O) groups excluding carboxylic acids is 3. The van der Waals surface area contributed by atoms with Gasteiger partial charge in [0.15, 0.2) is 0 Å². The van der Waals surface area contributed by atoms with Gasteiger partial charge in [-0.3, -0.25) is 14.4 Å². The lowest BCUT2D eigenvalue weighted by Crippen LogP contribution is -2.54. The van der Waals surface area contributed by atoms with E-state index in [-0.39, 0.29) is 23.6 Å². The van der Waals surface area contributed by atoms with Crippen molar-refractivity contribution >= 4 is 29.1 Å². The molecule has 1 aliphatic heterocycles. The van der Waals surface area contributed by atoms with Crippen LogP contribution in [0.2, 0.25) is 0 Å². The molecule has 2 heterocycles. The highest BCUT2D eigenvalue weighted by molar-refractivity contribution is 7.12. The summed E-state index contributed by atoms with van der Waals surface area (Å²) in [6.07, 6.45) is 2.01. The average molecular weight is 408 g/mol. The average Bonchev–Trinajstić information content (AvgIpc) is 3.21. The number of nitrogens with one attached hydrogen (secondary N) is 1. The van der Waals surface area contributed by atoms with Crippen molar-refractivity contribution in [1.82, 2.24) is 15.1 Å². The number of likely N-dealkylation sites (N-methyl/N-ethyl adjacent to an activating group) is 1. The van der Waals surface area contributed by atoms with E-state index in [1.54, 1.807) is 11.0 Å². The summed E-state index contributed by atoms with van der Waals surface area (Å²) in [5.41, 5.74) is 0. The second kappa shape index (κ2) is 10.6. The van der Waals surface area contributed by atoms with Gasteiger partial charge >= 0.3 is 0 Å². The third-order valence-corrected chi connectivity index (χ3v) is 6.19. The van der Waals surface area contributed by atoms with E-state index in [0.717, 1.165) is 12.8 Å². The fraction of sp³-hybridized carbons (Fsp3) is 0.667. The fourth-order valence-corrected chi connectivity index (χ4v) is 4.32. The molecule has 1 aliphatic rings. The van der Waals surface area contributed by atoms with Gasteiger partial charge in [-0.2, -0.15) is 0 Å². The third-order valence-electron chi connectivity index (χ3n) is 5.32. The van der Waals surface area contributed by atoms with Crippen LogP contribution in [0.5, 0.6) is 0 Å². The topological polar surface area (TPSA) is 69.7 Å². The molecule has 156 valence electrons. The van der Waals surface area contributed by atoms with Crippen LogP contribution in [-0.2, 0) is 9.59 Å². The molecule has 1 N–H and O–H groups in total. The van der Waals surface area contributed by atoms with Crippen LogP contribution in [0, 0.1) is 11.8 Å². The maximum Gasteiger partial charge on any atom is 0.262 e. The van der Waals surface area contributed by atoms with Gasteiger partial charge in [0.1, 0.15) is 6.04 Å². The van der Waals surface area contributed by atoms with E-state index in [4.69, 9.17) is 0 Å². The molecule has 1 saturated heterocycles. The van der Waals surface area contributed by atoms with E-state index < -0.39 is 6.04 Å². The molecule has 0 radical (unpaired) electrons. The number of hydrogen-bond donors (Lipinski definition) is 1. The summed E-state index contributed by atoms with van der Waals surface area (Å²) < 4.78 is 0. The molecule has 0 spiro atoms. The number of rotatable bonds is 8. The summed E-state index contributed by atoms with van der Waals surface area (Å²) in [5.74, 6) is 0.343. The molecule has 0 bridgehead atoms. The van der Waals surface area contributed by atoms with Gasteiger partial charge in [-0.05, 0) is 50.0 Å². The zero-order valence-corrected chi connectivity index (χ0v) is 18.3. The summed E-state index contributed by atoms with van der Waals surface area (Å²) in [6.45, 7) is 10.5. The summed E-state index contributed by atoms with van der Waals surface area (Å²) in [5, 5.41) is 4.85. The van der Waals surface area contributed by atoms with Gasteiger partial charge in [-0.1, -0.05) is 19.9 Å². The van der Waals surface area contributed by atoms with Crippen LogP contribution in [0.15, 0.2) is 17.5 Å². The smallest absolute Gasteiger partial charge is 0.262 e. The fourth-order valence-electron chi connectivity index (χ4n) is 3.69. The summed E-state index contributed by atoms with van der Waals surface area (Å²) in [6, 6.07) is 3.06. The SMILES string of the molecule is CCN(CC)C(=O)[C@@H](NC(=O)c1cccs1)C1CCN(C(=O)CC(C)C)CC1. The summed E-state index contributed by atoms with van der Waals surface area (Å²) in [7, 11) is 0. The molecule has 1 aromatic rings.